The molecule has 1 heterocycles. The van der Waals surface area contributed by atoms with Crippen LogP contribution < -0.4 is 10.6 Å². The van der Waals surface area contributed by atoms with Gasteiger partial charge in [-0.1, -0.05) is 89.8 Å². The summed E-state index contributed by atoms with van der Waals surface area (Å²) in [5.74, 6) is -0.0730. The third-order valence-corrected chi connectivity index (χ3v) is 6.37. The molecule has 0 aliphatic carbocycles. The zero-order valence-electron chi connectivity index (χ0n) is 16.3. The predicted molar refractivity (Wildman–Crippen MR) is 125 cm³/mol. The van der Waals surface area contributed by atoms with Crippen LogP contribution in [-0.4, -0.2) is 21.4 Å². The molecule has 4 aromatic rings. The van der Waals surface area contributed by atoms with E-state index in [-0.39, 0.29) is 11.2 Å². The van der Waals surface area contributed by atoms with Gasteiger partial charge in [0.05, 0.1) is 5.25 Å². The lowest BCUT2D eigenvalue weighted by molar-refractivity contribution is -0.115. The van der Waals surface area contributed by atoms with Crippen molar-refractivity contribution in [2.75, 3.05) is 10.6 Å². The van der Waals surface area contributed by atoms with E-state index in [1.165, 1.54) is 23.1 Å². The standard InChI is InChI=1S/C23H20N4OS2/c1-16(29-23-27-26-22(30-23)24-18-12-6-3-7-13-18)21(28)25-20-15-9-8-14-19(20)17-10-4-2-5-11-17/h2-16H,1H3,(H,24,26)(H,25,28). The summed E-state index contributed by atoms with van der Waals surface area (Å²) in [6.07, 6.45) is 0. The van der Waals surface area contributed by atoms with Crippen molar-refractivity contribution in [2.24, 2.45) is 0 Å². The van der Waals surface area contributed by atoms with Gasteiger partial charge >= 0.3 is 0 Å². The van der Waals surface area contributed by atoms with Crippen LogP contribution in [0.4, 0.5) is 16.5 Å². The van der Waals surface area contributed by atoms with Crippen molar-refractivity contribution in [1.82, 2.24) is 10.2 Å². The van der Waals surface area contributed by atoms with Crippen LogP contribution in [-0.2, 0) is 4.79 Å². The smallest absolute Gasteiger partial charge is 0.237 e. The molecule has 1 unspecified atom stereocenters. The Bertz CT molecular complexity index is 1120. The lowest BCUT2D eigenvalue weighted by Crippen LogP contribution is -2.22. The van der Waals surface area contributed by atoms with Gasteiger partial charge in [-0.2, -0.15) is 0 Å². The van der Waals surface area contributed by atoms with Crippen molar-refractivity contribution >= 4 is 45.5 Å². The molecule has 4 rings (SSSR count). The number of carbonyl (C=O) groups is 1. The summed E-state index contributed by atoms with van der Waals surface area (Å²) in [5.41, 5.74) is 3.81. The molecule has 0 aliphatic heterocycles. The van der Waals surface area contributed by atoms with Gasteiger partial charge in [0.1, 0.15) is 0 Å². The fourth-order valence-electron chi connectivity index (χ4n) is 2.85. The van der Waals surface area contributed by atoms with Gasteiger partial charge in [-0.05, 0) is 30.7 Å². The van der Waals surface area contributed by atoms with Gasteiger partial charge in [0.2, 0.25) is 11.0 Å². The maximum atomic E-state index is 12.8. The number of anilines is 3. The molecule has 0 aliphatic rings. The Morgan fingerprint density at radius 2 is 1.57 bits per heavy atom. The van der Waals surface area contributed by atoms with E-state index in [1.807, 2.05) is 91.9 Å². The lowest BCUT2D eigenvalue weighted by Gasteiger charge is -2.14. The van der Waals surface area contributed by atoms with Gasteiger partial charge in [0.15, 0.2) is 4.34 Å². The van der Waals surface area contributed by atoms with Crippen LogP contribution in [0.5, 0.6) is 0 Å². The average Bonchev–Trinajstić information content (AvgIpc) is 3.22. The number of hydrogen-bond acceptors (Lipinski definition) is 6. The van der Waals surface area contributed by atoms with Crippen molar-refractivity contribution in [3.05, 3.63) is 84.9 Å². The minimum absolute atomic E-state index is 0.0730. The molecule has 30 heavy (non-hydrogen) atoms. The van der Waals surface area contributed by atoms with Crippen LogP contribution in [0.3, 0.4) is 0 Å². The summed E-state index contributed by atoms with van der Waals surface area (Å²) in [6, 6.07) is 27.7. The molecule has 1 amide bonds. The fraction of sp³-hybridized carbons (Fsp3) is 0.0870. The summed E-state index contributed by atoms with van der Waals surface area (Å²) in [5, 5.41) is 15.0. The number of thioether (sulfide) groups is 1. The second-order valence-electron chi connectivity index (χ2n) is 6.53. The first-order chi connectivity index (χ1) is 14.7. The number of para-hydroxylation sites is 2. The minimum atomic E-state index is -0.314. The third-order valence-electron chi connectivity index (χ3n) is 4.35. The van der Waals surface area contributed by atoms with Crippen LogP contribution >= 0.6 is 23.1 Å². The molecule has 1 aromatic heterocycles. The summed E-state index contributed by atoms with van der Waals surface area (Å²) < 4.78 is 0.743. The van der Waals surface area contributed by atoms with E-state index in [1.54, 1.807) is 0 Å². The quantitative estimate of drug-likeness (QED) is 0.347. The molecule has 5 nitrogen and oxygen atoms in total. The molecule has 3 aromatic carbocycles. The van der Waals surface area contributed by atoms with Crippen molar-refractivity contribution < 1.29 is 4.79 Å². The van der Waals surface area contributed by atoms with E-state index in [0.29, 0.717) is 5.13 Å². The van der Waals surface area contributed by atoms with Crippen molar-refractivity contribution in [1.29, 1.82) is 0 Å². The molecular weight excluding hydrogens is 412 g/mol. The Balaban J connectivity index is 1.41. The first-order valence-corrected chi connectivity index (χ1v) is 11.2. The molecule has 0 bridgehead atoms. The third kappa shape index (κ3) is 5.06. The van der Waals surface area contributed by atoms with Gasteiger partial charge in [0, 0.05) is 16.9 Å². The second-order valence-corrected chi connectivity index (χ2v) is 9.09. The molecule has 2 N–H and O–H groups in total. The van der Waals surface area contributed by atoms with E-state index in [0.717, 1.165) is 26.8 Å². The maximum absolute atomic E-state index is 12.8. The van der Waals surface area contributed by atoms with Gasteiger partial charge in [0.25, 0.3) is 0 Å². The molecule has 0 radical (unpaired) electrons. The summed E-state index contributed by atoms with van der Waals surface area (Å²) >= 11 is 2.83. The number of rotatable bonds is 7. The number of nitrogens with one attached hydrogen (secondary N) is 2. The van der Waals surface area contributed by atoms with Crippen LogP contribution in [0.1, 0.15) is 6.92 Å². The van der Waals surface area contributed by atoms with Gasteiger partial charge < -0.3 is 10.6 Å². The summed E-state index contributed by atoms with van der Waals surface area (Å²) in [4.78, 5) is 12.8. The van der Waals surface area contributed by atoms with E-state index in [9.17, 15) is 4.79 Å². The number of nitrogens with zero attached hydrogens (tertiary/aromatic N) is 2. The predicted octanol–water partition coefficient (Wildman–Crippen LogP) is 6.07. The number of aromatic nitrogens is 2. The molecule has 7 heteroatoms. The highest BCUT2D eigenvalue weighted by Gasteiger charge is 2.18. The van der Waals surface area contributed by atoms with Gasteiger partial charge in [-0.25, -0.2) is 0 Å². The molecule has 0 spiro atoms. The Hall–Kier alpha value is -3.16. The van der Waals surface area contributed by atoms with Crippen molar-refractivity contribution in [2.45, 2.75) is 16.5 Å². The normalized spacial score (nSPS) is 11.6. The Labute approximate surface area is 183 Å². The van der Waals surface area contributed by atoms with E-state index < -0.39 is 0 Å². The average molecular weight is 433 g/mol. The van der Waals surface area contributed by atoms with Crippen LogP contribution in [0.25, 0.3) is 11.1 Å². The number of hydrogen-bond donors (Lipinski definition) is 2. The number of benzene rings is 3. The van der Waals surface area contributed by atoms with E-state index >= 15 is 0 Å². The Morgan fingerprint density at radius 1 is 0.900 bits per heavy atom. The fourth-order valence-corrected chi connectivity index (χ4v) is 4.77. The Kier molecular flexibility index (Phi) is 6.41. The highest BCUT2D eigenvalue weighted by molar-refractivity contribution is 8.02. The number of amides is 1. The van der Waals surface area contributed by atoms with Crippen LogP contribution in [0, 0.1) is 0 Å². The topological polar surface area (TPSA) is 66.9 Å². The second kappa shape index (κ2) is 9.56. The first-order valence-electron chi connectivity index (χ1n) is 9.46. The molecule has 0 saturated heterocycles. The zero-order valence-corrected chi connectivity index (χ0v) is 17.9. The van der Waals surface area contributed by atoms with Gasteiger partial charge in [-0.3, -0.25) is 4.79 Å². The molecule has 0 fully saturated rings. The molecule has 0 saturated carbocycles. The lowest BCUT2D eigenvalue weighted by atomic mass is 10.0. The highest BCUT2D eigenvalue weighted by Crippen LogP contribution is 2.32. The maximum Gasteiger partial charge on any atom is 0.237 e. The van der Waals surface area contributed by atoms with E-state index in [4.69, 9.17) is 0 Å². The Morgan fingerprint density at radius 3 is 2.33 bits per heavy atom. The van der Waals surface area contributed by atoms with Crippen molar-refractivity contribution in [3.63, 3.8) is 0 Å². The molecule has 1 atom stereocenters. The summed E-state index contributed by atoms with van der Waals surface area (Å²) in [7, 11) is 0. The minimum Gasteiger partial charge on any atom is -0.330 e. The van der Waals surface area contributed by atoms with E-state index in [2.05, 4.69) is 20.8 Å². The van der Waals surface area contributed by atoms with Gasteiger partial charge in [-0.15, -0.1) is 10.2 Å². The van der Waals surface area contributed by atoms with Crippen molar-refractivity contribution in [3.8, 4) is 11.1 Å². The summed E-state index contributed by atoms with van der Waals surface area (Å²) in [6.45, 7) is 1.87. The molecule has 150 valence electrons. The zero-order chi connectivity index (χ0) is 20.8. The largest absolute Gasteiger partial charge is 0.330 e. The monoisotopic (exact) mass is 432 g/mol. The van der Waals surface area contributed by atoms with Crippen LogP contribution in [0.15, 0.2) is 89.3 Å². The molecular formula is C23H20N4OS2. The highest BCUT2D eigenvalue weighted by atomic mass is 32.2. The first kappa shape index (κ1) is 20.1. The SMILES string of the molecule is CC(Sc1nnc(Nc2ccccc2)s1)C(=O)Nc1ccccc1-c1ccccc1. The van der Waals surface area contributed by atoms with Crippen LogP contribution in [0.2, 0.25) is 0 Å². The number of carbonyl (C=O) groups excluding carboxylic acids is 1.